The second-order valence-corrected chi connectivity index (χ2v) is 8.70. The summed E-state index contributed by atoms with van der Waals surface area (Å²) in [6.45, 7) is 3.15. The highest BCUT2D eigenvalue weighted by molar-refractivity contribution is 7.89. The number of ether oxygens (including phenoxy) is 1. The maximum atomic E-state index is 12.9. The number of aryl methyl sites for hydroxylation is 1. The molecule has 30 heavy (non-hydrogen) atoms. The molecule has 1 aliphatic rings. The zero-order chi connectivity index (χ0) is 21.1. The van der Waals surface area contributed by atoms with Gasteiger partial charge in [0.15, 0.2) is 0 Å². The third-order valence-electron chi connectivity index (χ3n) is 4.79. The number of benzene rings is 2. The first-order valence-electron chi connectivity index (χ1n) is 9.29. The fraction of sp³-hybridized carbons (Fsp3) is 0.263. The Bertz CT molecular complexity index is 1160. The summed E-state index contributed by atoms with van der Waals surface area (Å²) in [6.07, 6.45) is 0. The van der Waals surface area contributed by atoms with E-state index >= 15 is 0 Å². The molecule has 2 N–H and O–H groups in total. The average Bonchev–Trinajstić information content (AvgIpc) is 3.31. The normalized spacial score (nSPS) is 15.1. The van der Waals surface area contributed by atoms with Gasteiger partial charge in [-0.05, 0) is 42.0 Å². The van der Waals surface area contributed by atoms with Crippen molar-refractivity contribution in [3.05, 3.63) is 53.6 Å². The summed E-state index contributed by atoms with van der Waals surface area (Å²) in [7, 11) is -3.66. The van der Waals surface area contributed by atoms with Gasteiger partial charge in [-0.1, -0.05) is 18.2 Å². The number of H-pyrrole nitrogens is 1. The summed E-state index contributed by atoms with van der Waals surface area (Å²) in [5.41, 5.74) is 2.20. The Morgan fingerprint density at radius 1 is 1.17 bits per heavy atom. The quantitative estimate of drug-likeness (QED) is 0.629. The van der Waals surface area contributed by atoms with Crippen molar-refractivity contribution >= 4 is 21.6 Å². The van der Waals surface area contributed by atoms with Gasteiger partial charge in [0.25, 0.3) is 5.91 Å². The van der Waals surface area contributed by atoms with Crippen LogP contribution < -0.4 is 5.32 Å². The first-order chi connectivity index (χ1) is 14.4. The number of nitrogens with zero attached hydrogens (tertiary/aromatic N) is 4. The lowest BCUT2D eigenvalue weighted by Gasteiger charge is -2.26. The van der Waals surface area contributed by atoms with Crippen molar-refractivity contribution in [3.63, 3.8) is 0 Å². The third-order valence-corrected chi connectivity index (χ3v) is 6.69. The van der Waals surface area contributed by atoms with Crippen LogP contribution in [-0.2, 0) is 14.8 Å². The summed E-state index contributed by atoms with van der Waals surface area (Å²) >= 11 is 0. The molecule has 1 fully saturated rings. The number of hydrogen-bond donors (Lipinski definition) is 2. The number of aromatic nitrogens is 4. The first-order valence-corrected chi connectivity index (χ1v) is 10.7. The molecule has 156 valence electrons. The van der Waals surface area contributed by atoms with Crippen molar-refractivity contribution in [1.82, 2.24) is 24.9 Å². The maximum Gasteiger partial charge on any atom is 0.255 e. The number of morpholine rings is 1. The Kier molecular flexibility index (Phi) is 5.57. The van der Waals surface area contributed by atoms with E-state index in [-0.39, 0.29) is 10.8 Å². The van der Waals surface area contributed by atoms with E-state index in [1.807, 2.05) is 0 Å². The van der Waals surface area contributed by atoms with Crippen molar-refractivity contribution < 1.29 is 17.9 Å². The van der Waals surface area contributed by atoms with E-state index in [1.165, 1.54) is 10.4 Å². The van der Waals surface area contributed by atoms with Crippen molar-refractivity contribution in [2.24, 2.45) is 0 Å². The molecule has 1 saturated heterocycles. The molecule has 0 aliphatic carbocycles. The number of aromatic amines is 1. The van der Waals surface area contributed by atoms with Gasteiger partial charge in [-0.25, -0.2) is 8.42 Å². The third kappa shape index (κ3) is 4.08. The van der Waals surface area contributed by atoms with Crippen LogP contribution in [0.1, 0.15) is 15.9 Å². The number of sulfonamides is 1. The van der Waals surface area contributed by atoms with Crippen molar-refractivity contribution in [1.29, 1.82) is 0 Å². The van der Waals surface area contributed by atoms with Gasteiger partial charge in [-0.15, -0.1) is 10.2 Å². The van der Waals surface area contributed by atoms with E-state index in [9.17, 15) is 13.2 Å². The number of carbonyl (C=O) groups is 1. The summed E-state index contributed by atoms with van der Waals surface area (Å²) in [4.78, 5) is 12.9. The molecule has 3 aromatic rings. The van der Waals surface area contributed by atoms with E-state index in [0.29, 0.717) is 48.9 Å². The fourth-order valence-electron chi connectivity index (χ4n) is 3.11. The number of carbonyl (C=O) groups excluding carboxylic acids is 1. The highest BCUT2D eigenvalue weighted by Gasteiger charge is 2.27. The second kappa shape index (κ2) is 8.30. The van der Waals surface area contributed by atoms with Crippen molar-refractivity contribution in [2.75, 3.05) is 31.6 Å². The zero-order valence-corrected chi connectivity index (χ0v) is 17.0. The van der Waals surface area contributed by atoms with E-state index < -0.39 is 10.0 Å². The minimum Gasteiger partial charge on any atom is -0.379 e. The lowest BCUT2D eigenvalue weighted by atomic mass is 10.1. The molecule has 0 spiro atoms. The Balaban J connectivity index is 1.58. The smallest absolute Gasteiger partial charge is 0.255 e. The van der Waals surface area contributed by atoms with Gasteiger partial charge < -0.3 is 10.1 Å². The van der Waals surface area contributed by atoms with Crippen LogP contribution in [0.5, 0.6) is 0 Å². The molecule has 11 heteroatoms. The van der Waals surface area contributed by atoms with Gasteiger partial charge in [-0.3, -0.25) is 4.79 Å². The number of amides is 1. The molecule has 0 atom stereocenters. The van der Waals surface area contributed by atoms with E-state index in [4.69, 9.17) is 4.74 Å². The zero-order valence-electron chi connectivity index (χ0n) is 16.2. The van der Waals surface area contributed by atoms with Gasteiger partial charge in [0, 0.05) is 29.9 Å². The fourth-order valence-corrected chi connectivity index (χ4v) is 4.55. The van der Waals surface area contributed by atoms with E-state index in [0.717, 1.165) is 5.56 Å². The predicted molar refractivity (Wildman–Crippen MR) is 108 cm³/mol. The average molecular weight is 428 g/mol. The highest BCUT2D eigenvalue weighted by atomic mass is 32.2. The molecule has 1 aromatic heterocycles. The van der Waals surface area contributed by atoms with E-state index in [1.54, 1.807) is 43.3 Å². The van der Waals surface area contributed by atoms with Crippen LogP contribution in [-0.4, -0.2) is 65.6 Å². The molecule has 1 aliphatic heterocycles. The lowest BCUT2D eigenvalue weighted by Crippen LogP contribution is -2.40. The molecule has 1 amide bonds. The molecule has 10 nitrogen and oxygen atoms in total. The van der Waals surface area contributed by atoms with Crippen LogP contribution in [0.3, 0.4) is 0 Å². The largest absolute Gasteiger partial charge is 0.379 e. The summed E-state index contributed by atoms with van der Waals surface area (Å²) in [5, 5.41) is 16.5. The van der Waals surface area contributed by atoms with Gasteiger partial charge in [0.2, 0.25) is 15.8 Å². The van der Waals surface area contributed by atoms with Crippen LogP contribution in [0.2, 0.25) is 0 Å². The maximum absolute atomic E-state index is 12.9. The standard InChI is InChI=1S/C19H20N6O4S/c1-13-5-6-16(30(27,28)25-7-9-29-10-8-25)12-17(13)20-19(26)15-4-2-3-14(11-15)18-21-23-24-22-18/h2-6,11-12H,7-10H2,1H3,(H,20,26)(H,21,22,23,24). The minimum absolute atomic E-state index is 0.130. The predicted octanol–water partition coefficient (Wildman–Crippen LogP) is 1.45. The van der Waals surface area contributed by atoms with Gasteiger partial charge in [0.1, 0.15) is 0 Å². The number of nitrogens with one attached hydrogen (secondary N) is 2. The van der Waals surface area contributed by atoms with Crippen LogP contribution in [0.15, 0.2) is 47.4 Å². The van der Waals surface area contributed by atoms with Gasteiger partial charge in [-0.2, -0.15) is 9.52 Å². The van der Waals surface area contributed by atoms with Crippen molar-refractivity contribution in [2.45, 2.75) is 11.8 Å². The van der Waals surface area contributed by atoms with E-state index in [2.05, 4.69) is 25.9 Å². The summed E-state index contributed by atoms with van der Waals surface area (Å²) in [6, 6.07) is 11.5. The highest BCUT2D eigenvalue weighted by Crippen LogP contribution is 2.24. The Morgan fingerprint density at radius 3 is 2.70 bits per heavy atom. The van der Waals surface area contributed by atoms with Gasteiger partial charge >= 0.3 is 0 Å². The monoisotopic (exact) mass is 428 g/mol. The molecule has 0 bridgehead atoms. The Morgan fingerprint density at radius 2 is 1.97 bits per heavy atom. The molecule has 4 rings (SSSR count). The number of tetrazole rings is 1. The Hall–Kier alpha value is -3.15. The molecule has 0 radical (unpaired) electrons. The minimum atomic E-state index is -3.66. The number of hydrogen-bond acceptors (Lipinski definition) is 7. The topological polar surface area (TPSA) is 130 Å². The van der Waals surface area contributed by atoms with Gasteiger partial charge in [0.05, 0.1) is 18.1 Å². The summed E-state index contributed by atoms with van der Waals surface area (Å²) < 4.78 is 32.5. The summed E-state index contributed by atoms with van der Waals surface area (Å²) in [5.74, 6) is 0.00352. The molecule has 2 aromatic carbocycles. The molecule has 0 unspecified atom stereocenters. The van der Waals surface area contributed by atoms with Crippen LogP contribution in [0, 0.1) is 6.92 Å². The molecular weight excluding hydrogens is 408 g/mol. The molecule has 0 saturated carbocycles. The lowest BCUT2D eigenvalue weighted by molar-refractivity contribution is 0.0730. The number of anilines is 1. The molecule has 2 heterocycles. The second-order valence-electron chi connectivity index (χ2n) is 6.76. The van der Waals surface area contributed by atoms with Crippen molar-refractivity contribution in [3.8, 4) is 11.4 Å². The SMILES string of the molecule is Cc1ccc(S(=O)(=O)N2CCOCC2)cc1NC(=O)c1cccc(-c2nn[nH]n2)c1. The van der Waals surface area contributed by atoms with Crippen LogP contribution in [0.25, 0.3) is 11.4 Å². The van der Waals surface area contributed by atoms with Crippen LogP contribution >= 0.6 is 0 Å². The Labute approximate surface area is 173 Å². The number of rotatable bonds is 5. The molecular formula is C19H20N6O4S. The first kappa shape index (κ1) is 20.1. The van der Waals surface area contributed by atoms with Crippen LogP contribution in [0.4, 0.5) is 5.69 Å².